The standard InChI is InChI=1S/C10H21BO2.C9H19BO2.3CH4/c1-8-7-10(5,6)13-11(12-8)9(2,3)4;1-8(2,3)10-11-6-9(4,5)7-12-10;;;/h8H,7H2,1-6H3;6-7H2,1-5H3;3*1H4. The van der Waals surface area contributed by atoms with Crippen LogP contribution in [0, 0.1) is 5.41 Å². The molecule has 1 unspecified atom stereocenters. The molecule has 170 valence electrons. The summed E-state index contributed by atoms with van der Waals surface area (Å²) in [4.78, 5) is 0. The Kier molecular flexibility index (Phi) is 13.3. The molecule has 2 aliphatic rings. The zero-order valence-corrected chi connectivity index (χ0v) is 18.5. The molecule has 2 fully saturated rings. The van der Waals surface area contributed by atoms with Gasteiger partial charge in [-0.15, -0.1) is 0 Å². The highest BCUT2D eigenvalue weighted by molar-refractivity contribution is 6.48. The van der Waals surface area contributed by atoms with Crippen molar-refractivity contribution in [3.8, 4) is 0 Å². The van der Waals surface area contributed by atoms with E-state index < -0.39 is 0 Å². The lowest BCUT2D eigenvalue weighted by Gasteiger charge is -2.42. The van der Waals surface area contributed by atoms with Crippen LogP contribution in [0.3, 0.4) is 0 Å². The molecule has 6 heteroatoms. The molecule has 0 spiro atoms. The third kappa shape index (κ3) is 11.2. The van der Waals surface area contributed by atoms with Crippen LogP contribution >= 0.6 is 0 Å². The average molecular weight is 402 g/mol. The van der Waals surface area contributed by atoms with Crippen molar-refractivity contribution >= 4 is 14.2 Å². The van der Waals surface area contributed by atoms with E-state index in [0.717, 1.165) is 19.6 Å². The summed E-state index contributed by atoms with van der Waals surface area (Å²) in [7, 11) is -0.114. The fraction of sp³-hybridized carbons (Fsp3) is 1.00. The molecule has 0 amide bonds. The van der Waals surface area contributed by atoms with E-state index in [1.807, 2.05) is 0 Å². The van der Waals surface area contributed by atoms with E-state index in [-0.39, 0.29) is 58.2 Å². The second kappa shape index (κ2) is 11.4. The van der Waals surface area contributed by atoms with Crippen molar-refractivity contribution in [1.82, 2.24) is 0 Å². The maximum absolute atomic E-state index is 5.89. The summed E-state index contributed by atoms with van der Waals surface area (Å²) >= 11 is 0. The van der Waals surface area contributed by atoms with Crippen molar-refractivity contribution in [2.45, 2.75) is 127 Å². The Balaban J connectivity index is -0.000000404. The third-order valence-electron chi connectivity index (χ3n) is 4.23. The van der Waals surface area contributed by atoms with Gasteiger partial charge >= 0.3 is 14.2 Å². The van der Waals surface area contributed by atoms with E-state index in [0.29, 0.717) is 6.10 Å². The van der Waals surface area contributed by atoms with E-state index in [1.54, 1.807) is 0 Å². The van der Waals surface area contributed by atoms with Gasteiger partial charge in [0.2, 0.25) is 0 Å². The fourth-order valence-corrected chi connectivity index (χ4v) is 2.89. The fourth-order valence-electron chi connectivity index (χ4n) is 2.89. The molecule has 0 aromatic heterocycles. The van der Waals surface area contributed by atoms with Gasteiger partial charge in [-0.1, -0.05) is 77.7 Å². The van der Waals surface area contributed by atoms with E-state index in [1.165, 1.54) is 0 Å². The maximum Gasteiger partial charge on any atom is 0.463 e. The monoisotopic (exact) mass is 402 g/mol. The van der Waals surface area contributed by atoms with Gasteiger partial charge in [0.05, 0.1) is 5.60 Å². The van der Waals surface area contributed by atoms with Crippen molar-refractivity contribution in [2.75, 3.05) is 13.2 Å². The molecule has 2 rings (SSSR count). The highest BCUT2D eigenvalue weighted by Crippen LogP contribution is 2.37. The highest BCUT2D eigenvalue weighted by atomic mass is 16.6. The zero-order valence-electron chi connectivity index (χ0n) is 18.5. The molecular formula is C22H52B2O4. The van der Waals surface area contributed by atoms with Gasteiger partial charge in [0.25, 0.3) is 0 Å². The first kappa shape index (κ1) is 32.6. The van der Waals surface area contributed by atoms with Gasteiger partial charge in [0.1, 0.15) is 0 Å². The maximum atomic E-state index is 5.89. The molecule has 2 saturated heterocycles. The van der Waals surface area contributed by atoms with Crippen LogP contribution in [-0.2, 0) is 18.6 Å². The van der Waals surface area contributed by atoms with Crippen LogP contribution in [0.4, 0.5) is 0 Å². The molecule has 0 aromatic carbocycles. The number of rotatable bonds is 0. The molecule has 0 radical (unpaired) electrons. The lowest BCUT2D eigenvalue weighted by molar-refractivity contribution is -0.0364. The van der Waals surface area contributed by atoms with Crippen molar-refractivity contribution in [1.29, 1.82) is 0 Å². The summed E-state index contributed by atoms with van der Waals surface area (Å²) in [5.41, 5.74) is 0.136. The number of hydrogen-bond acceptors (Lipinski definition) is 4. The summed E-state index contributed by atoms with van der Waals surface area (Å²) < 4.78 is 22.9. The van der Waals surface area contributed by atoms with Gasteiger partial charge in [0.15, 0.2) is 0 Å². The van der Waals surface area contributed by atoms with E-state index in [4.69, 9.17) is 18.6 Å². The lowest BCUT2D eigenvalue weighted by atomic mass is 9.59. The average Bonchev–Trinajstić information content (AvgIpc) is 2.34. The van der Waals surface area contributed by atoms with Crippen molar-refractivity contribution in [3.63, 3.8) is 0 Å². The Labute approximate surface area is 179 Å². The van der Waals surface area contributed by atoms with Gasteiger partial charge in [-0.25, -0.2) is 0 Å². The van der Waals surface area contributed by atoms with Gasteiger partial charge in [-0.3, -0.25) is 0 Å². The smallest absolute Gasteiger partial charge is 0.410 e. The number of hydrogen-bond donors (Lipinski definition) is 0. The quantitative estimate of drug-likeness (QED) is 0.404. The molecule has 0 N–H and O–H groups in total. The van der Waals surface area contributed by atoms with Crippen LogP contribution in [-0.4, -0.2) is 39.2 Å². The Morgan fingerprint density at radius 2 is 1.14 bits per heavy atom. The van der Waals surface area contributed by atoms with Crippen LogP contribution in [0.1, 0.15) is 105 Å². The van der Waals surface area contributed by atoms with Crippen LogP contribution in [0.25, 0.3) is 0 Å². The second-order valence-electron chi connectivity index (χ2n) is 11.2. The Hall–Kier alpha value is -0.0301. The lowest BCUT2D eigenvalue weighted by Crippen LogP contribution is -2.49. The first-order valence-corrected chi connectivity index (χ1v) is 9.58. The molecule has 0 aliphatic carbocycles. The zero-order chi connectivity index (χ0) is 19.7. The predicted molar refractivity (Wildman–Crippen MR) is 127 cm³/mol. The van der Waals surface area contributed by atoms with Crippen molar-refractivity contribution in [2.24, 2.45) is 5.41 Å². The van der Waals surface area contributed by atoms with Gasteiger partial charge in [0, 0.05) is 24.7 Å². The molecular weight excluding hydrogens is 350 g/mol. The van der Waals surface area contributed by atoms with Crippen molar-refractivity contribution in [3.05, 3.63) is 0 Å². The molecule has 1 atom stereocenters. The minimum atomic E-state index is -0.0775. The molecule has 4 nitrogen and oxygen atoms in total. The summed E-state index contributed by atoms with van der Waals surface area (Å²) in [5.74, 6) is 0. The second-order valence-corrected chi connectivity index (χ2v) is 11.2. The molecule has 0 bridgehead atoms. The summed E-state index contributed by atoms with van der Waals surface area (Å²) in [6, 6.07) is 0. The topological polar surface area (TPSA) is 36.9 Å². The van der Waals surface area contributed by atoms with Crippen LogP contribution in [0.2, 0.25) is 10.6 Å². The summed E-state index contributed by atoms with van der Waals surface area (Å²) in [5, 5.41) is 0.155. The predicted octanol–water partition coefficient (Wildman–Crippen LogP) is 7.13. The van der Waals surface area contributed by atoms with Gasteiger partial charge in [-0.2, -0.15) is 0 Å². The summed E-state index contributed by atoms with van der Waals surface area (Å²) in [6.45, 7) is 25.1. The van der Waals surface area contributed by atoms with Gasteiger partial charge in [-0.05, 0) is 37.8 Å². The van der Waals surface area contributed by atoms with Crippen LogP contribution < -0.4 is 0 Å². The van der Waals surface area contributed by atoms with E-state index in [2.05, 4.69) is 76.2 Å². The van der Waals surface area contributed by atoms with Crippen molar-refractivity contribution < 1.29 is 18.6 Å². The largest absolute Gasteiger partial charge is 0.463 e. The normalized spacial score (nSPS) is 23.9. The minimum Gasteiger partial charge on any atom is -0.410 e. The highest BCUT2D eigenvalue weighted by Gasteiger charge is 2.44. The van der Waals surface area contributed by atoms with Crippen LogP contribution in [0.5, 0.6) is 0 Å². The SMILES string of the molecule is C.C.C.CC1(C)COB(C(C)(C)C)OC1.CC1CC(C)(C)OB(C(C)(C)C)O1. The van der Waals surface area contributed by atoms with E-state index in [9.17, 15) is 0 Å². The Morgan fingerprint density at radius 3 is 1.46 bits per heavy atom. The molecule has 28 heavy (non-hydrogen) atoms. The van der Waals surface area contributed by atoms with Gasteiger partial charge < -0.3 is 18.6 Å². The van der Waals surface area contributed by atoms with E-state index >= 15 is 0 Å². The molecule has 0 aromatic rings. The molecule has 0 saturated carbocycles. The first-order chi connectivity index (χ1) is 11.0. The third-order valence-corrected chi connectivity index (χ3v) is 4.23. The molecule has 2 aliphatic heterocycles. The first-order valence-electron chi connectivity index (χ1n) is 9.58. The Morgan fingerprint density at radius 1 is 0.750 bits per heavy atom. The Bertz CT molecular complexity index is 415. The minimum absolute atomic E-state index is 0. The summed E-state index contributed by atoms with van der Waals surface area (Å²) in [6.07, 6.45) is 1.27. The molecule has 2 heterocycles. The van der Waals surface area contributed by atoms with Crippen LogP contribution in [0.15, 0.2) is 0 Å².